The zero-order chi connectivity index (χ0) is 23.4. The van der Waals surface area contributed by atoms with Gasteiger partial charge in [-0.1, -0.05) is 54.6 Å². The average Bonchev–Trinajstić information content (AvgIpc) is 2.52. The highest BCUT2D eigenvalue weighted by molar-refractivity contribution is 8.00. The molecule has 0 aliphatic carbocycles. The van der Waals surface area contributed by atoms with Crippen LogP contribution in [0.15, 0.2) is 0 Å². The highest BCUT2D eigenvalue weighted by Gasteiger charge is 2.63. The molecule has 5 atom stereocenters. The van der Waals surface area contributed by atoms with Crippen molar-refractivity contribution in [3.63, 3.8) is 0 Å². The quantitative estimate of drug-likeness (QED) is 0.272. The number of thioether (sulfide) groups is 1. The zero-order valence-electron chi connectivity index (χ0n) is 20.8. The van der Waals surface area contributed by atoms with Crippen molar-refractivity contribution in [1.82, 2.24) is 4.57 Å². The first-order valence-electron chi connectivity index (χ1n) is 11.1. The average molecular weight is 492 g/mol. The minimum absolute atomic E-state index is 0.0121. The Morgan fingerprint density at radius 3 is 2.07 bits per heavy atom. The first-order valence-corrected chi connectivity index (χ1v) is 18.5. The maximum absolute atomic E-state index is 13.6. The number of hydrogen-bond donors (Lipinski definition) is 0. The van der Waals surface area contributed by atoms with E-state index in [1.54, 1.807) is 11.8 Å². The second-order valence-electron chi connectivity index (χ2n) is 12.1. The van der Waals surface area contributed by atoms with Crippen LogP contribution in [0.4, 0.5) is 0 Å². The number of alkyl halides is 1. The zero-order valence-corrected chi connectivity index (χ0v) is 24.3. The van der Waals surface area contributed by atoms with E-state index in [4.69, 9.17) is 16.0 Å². The van der Waals surface area contributed by atoms with Crippen molar-refractivity contribution in [2.24, 2.45) is 5.92 Å². The molecule has 2 aliphatic heterocycles. The fourth-order valence-electron chi connectivity index (χ4n) is 4.03. The van der Waals surface area contributed by atoms with E-state index in [0.717, 1.165) is 5.75 Å². The Morgan fingerprint density at radius 1 is 1.07 bits per heavy atom. The molecule has 0 N–H and O–H groups in total. The molecule has 2 fully saturated rings. The molecule has 2 saturated heterocycles. The first kappa shape index (κ1) is 26.4. The van der Waals surface area contributed by atoms with E-state index >= 15 is 0 Å². The highest BCUT2D eigenvalue weighted by atomic mass is 35.5. The lowest BCUT2D eigenvalue weighted by molar-refractivity contribution is -0.155. The van der Waals surface area contributed by atoms with E-state index < -0.39 is 21.9 Å². The maximum atomic E-state index is 13.6. The van der Waals surface area contributed by atoms with Crippen LogP contribution in [0.2, 0.25) is 36.3 Å². The number of nitrogens with zero attached hydrogens (tertiary/aromatic N) is 1. The summed E-state index contributed by atoms with van der Waals surface area (Å²) >= 11 is 8.08. The number of halogens is 1. The second-order valence-corrected chi connectivity index (χ2v) is 23.7. The molecule has 0 aromatic rings. The van der Waals surface area contributed by atoms with Gasteiger partial charge in [0, 0.05) is 0 Å². The van der Waals surface area contributed by atoms with Crippen LogP contribution in [0.5, 0.6) is 0 Å². The van der Waals surface area contributed by atoms with Crippen molar-refractivity contribution in [2.75, 3.05) is 5.75 Å². The van der Waals surface area contributed by atoms with Crippen molar-refractivity contribution in [3.8, 4) is 0 Å². The van der Waals surface area contributed by atoms with Gasteiger partial charge in [-0.15, -0.1) is 23.4 Å². The van der Waals surface area contributed by atoms with Gasteiger partial charge in [-0.2, -0.15) is 0 Å². The number of hydrogen-bond acceptors (Lipinski definition) is 4. The van der Waals surface area contributed by atoms with Crippen molar-refractivity contribution in [3.05, 3.63) is 0 Å². The van der Waals surface area contributed by atoms with Gasteiger partial charge in [0.05, 0.1) is 28.7 Å². The molecule has 0 radical (unpaired) electrons. The van der Waals surface area contributed by atoms with Crippen LogP contribution in [0, 0.1) is 5.92 Å². The number of Topliss-reactive ketones (excluding diaryl/α,β-unsaturated/α-hetero) is 1. The summed E-state index contributed by atoms with van der Waals surface area (Å²) in [5.41, 5.74) is 0. The molecule has 174 valence electrons. The van der Waals surface area contributed by atoms with Crippen molar-refractivity contribution < 1.29 is 14.0 Å². The molecule has 0 unspecified atom stereocenters. The van der Waals surface area contributed by atoms with Crippen molar-refractivity contribution in [1.29, 1.82) is 0 Å². The monoisotopic (exact) mass is 491 g/mol. The summed E-state index contributed by atoms with van der Waals surface area (Å²) in [5.74, 6) is 0.864. The topological polar surface area (TPSA) is 46.6 Å². The summed E-state index contributed by atoms with van der Waals surface area (Å²) < 4.78 is 8.78. The van der Waals surface area contributed by atoms with E-state index in [-0.39, 0.29) is 45.1 Å². The Bertz CT molecular complexity index is 687. The molecule has 8 heteroatoms. The molecule has 1 amide bonds. The number of rotatable bonds is 5. The van der Waals surface area contributed by atoms with Gasteiger partial charge in [0.1, 0.15) is 0 Å². The minimum Gasteiger partial charge on any atom is -0.413 e. The Hall–Kier alpha value is 0.174. The largest absolute Gasteiger partial charge is 0.413 e. The Kier molecular flexibility index (Phi) is 7.49. The molecular weight excluding hydrogens is 450 g/mol. The normalized spacial score (nSPS) is 30.3. The van der Waals surface area contributed by atoms with Crippen LogP contribution in [0.3, 0.4) is 0 Å². The summed E-state index contributed by atoms with van der Waals surface area (Å²) in [4.78, 5) is 26.7. The molecule has 0 spiro atoms. The summed E-state index contributed by atoms with van der Waals surface area (Å²) in [7, 11) is -4.17. The van der Waals surface area contributed by atoms with Crippen LogP contribution in [-0.4, -0.2) is 61.3 Å². The lowest BCUT2D eigenvalue weighted by Crippen LogP contribution is -2.78. The molecule has 0 aromatic heterocycles. The second kappa shape index (κ2) is 8.51. The Labute approximate surface area is 195 Å². The van der Waals surface area contributed by atoms with Crippen LogP contribution in [0.25, 0.3) is 0 Å². The lowest BCUT2D eigenvalue weighted by Gasteiger charge is -2.62. The van der Waals surface area contributed by atoms with Gasteiger partial charge in [0.2, 0.25) is 5.91 Å². The van der Waals surface area contributed by atoms with E-state index in [9.17, 15) is 9.59 Å². The maximum Gasteiger partial charge on any atom is 0.222 e. The molecule has 0 saturated carbocycles. The number of β-lactam (4-membered cyclic amide) rings is 1. The van der Waals surface area contributed by atoms with Crippen molar-refractivity contribution in [2.45, 2.75) is 114 Å². The Morgan fingerprint density at radius 2 is 1.60 bits per heavy atom. The summed E-state index contributed by atoms with van der Waals surface area (Å²) in [6.07, 6.45) is 0.511. The van der Waals surface area contributed by atoms with Gasteiger partial charge in [-0.25, -0.2) is 0 Å². The number of carbonyl (C=O) groups is 2. The predicted octanol–water partition coefficient (Wildman–Crippen LogP) is 5.91. The van der Waals surface area contributed by atoms with Crippen LogP contribution in [-0.2, 0) is 14.0 Å². The van der Waals surface area contributed by atoms with Gasteiger partial charge in [-0.3, -0.25) is 9.59 Å². The van der Waals surface area contributed by atoms with Gasteiger partial charge in [0.25, 0.3) is 0 Å². The van der Waals surface area contributed by atoms with Crippen LogP contribution in [0.1, 0.15) is 54.9 Å². The highest BCUT2D eigenvalue weighted by Crippen LogP contribution is 2.50. The molecular formula is C22H42ClNO3SSi2. The molecule has 2 aliphatic rings. The van der Waals surface area contributed by atoms with Crippen molar-refractivity contribution >= 4 is 51.6 Å². The van der Waals surface area contributed by atoms with E-state index in [2.05, 4.69) is 72.3 Å². The van der Waals surface area contributed by atoms with Gasteiger partial charge < -0.3 is 8.99 Å². The fourth-order valence-corrected chi connectivity index (χ4v) is 9.93. The fraction of sp³-hybridized carbons (Fsp3) is 0.909. The SMILES string of the molecule is C[C@@H](O[Si](C)(C)C(C)(C)C)[C@H]1C(=O)N([Si](C)(C)C(C)(C)C)[C@@H]1[C@H]1SCC[C@H](Cl)C1=O. The summed E-state index contributed by atoms with van der Waals surface area (Å²) in [5, 5.41) is -0.605. The standard InChI is InChI=1S/C22H42ClNO3SSi2/c1-14(27-30(10,11)22(5,6)7)16-17(19-18(25)15(23)12-13-28-19)24(20(16)26)29(8,9)21(2,3)4/h14-17,19H,12-13H2,1-11H3/t14-,15+,16-,17+,19-/m1/s1. The van der Waals surface area contributed by atoms with E-state index in [1.807, 2.05) is 6.92 Å². The van der Waals surface area contributed by atoms with E-state index in [0.29, 0.717) is 6.42 Å². The molecule has 4 nitrogen and oxygen atoms in total. The molecule has 2 heterocycles. The first-order chi connectivity index (χ1) is 13.3. The predicted molar refractivity (Wildman–Crippen MR) is 135 cm³/mol. The van der Waals surface area contributed by atoms with Gasteiger partial charge >= 0.3 is 0 Å². The van der Waals surface area contributed by atoms with Gasteiger partial charge in [0.15, 0.2) is 22.3 Å². The number of amides is 1. The van der Waals surface area contributed by atoms with Crippen LogP contribution < -0.4 is 0 Å². The molecule has 0 bridgehead atoms. The number of carbonyl (C=O) groups excluding carboxylic acids is 2. The Balaban J connectivity index is 2.42. The van der Waals surface area contributed by atoms with Gasteiger partial charge in [-0.05, 0) is 42.3 Å². The molecule has 30 heavy (non-hydrogen) atoms. The third-order valence-corrected chi connectivity index (χ3v) is 19.7. The minimum atomic E-state index is -2.14. The summed E-state index contributed by atoms with van der Waals surface area (Å²) in [6.45, 7) is 24.3. The van der Waals surface area contributed by atoms with Crippen LogP contribution >= 0.6 is 23.4 Å². The van der Waals surface area contributed by atoms with E-state index in [1.165, 1.54) is 0 Å². The lowest BCUT2D eigenvalue weighted by atomic mass is 9.82. The third kappa shape index (κ3) is 4.61. The molecule has 2 rings (SSSR count). The number of ketones is 1. The smallest absolute Gasteiger partial charge is 0.222 e. The third-order valence-electron chi connectivity index (χ3n) is 7.99. The summed E-state index contributed by atoms with van der Waals surface area (Å²) in [6, 6.07) is -0.114. The molecule has 0 aromatic carbocycles.